The molecule has 0 radical (unpaired) electrons. The average molecular weight is 463 g/mol. The molecule has 0 bridgehead atoms. The van der Waals surface area contributed by atoms with Crippen LogP contribution in [-0.4, -0.2) is 0 Å². The van der Waals surface area contributed by atoms with Gasteiger partial charge in [0.15, 0.2) is 0 Å². The number of nitrogens with one attached hydrogen (secondary N) is 2. The zero-order chi connectivity index (χ0) is 20.8. The van der Waals surface area contributed by atoms with Gasteiger partial charge in [-0.25, -0.2) is 0 Å². The van der Waals surface area contributed by atoms with E-state index in [1.54, 1.807) is 0 Å². The molecule has 1 heterocycles. The number of hydrogen-bond donors (Lipinski definition) is 2. The van der Waals surface area contributed by atoms with Gasteiger partial charge in [0.1, 0.15) is 0 Å². The predicted molar refractivity (Wildman–Crippen MR) is 136 cm³/mol. The van der Waals surface area contributed by atoms with E-state index in [1.807, 2.05) is 0 Å². The molecule has 5 aromatic carbocycles. The Bertz CT molecular complexity index is 1460. The Labute approximate surface area is 189 Å². The highest BCUT2D eigenvalue weighted by Gasteiger charge is 2.20. The second-order valence-electron chi connectivity index (χ2n) is 7.72. The number of anilines is 4. The Morgan fingerprint density at radius 2 is 1.06 bits per heavy atom. The van der Waals surface area contributed by atoms with Crippen molar-refractivity contribution in [2.24, 2.45) is 0 Å². The van der Waals surface area contributed by atoms with Crippen molar-refractivity contribution >= 4 is 49.5 Å². The summed E-state index contributed by atoms with van der Waals surface area (Å²) in [5.41, 5.74) is 9.14. The Kier molecular flexibility index (Phi) is 4.29. The SMILES string of the molecule is Brc1c(-c2ccccc2-c2cccc3c2Nc2ccccc2N3)ccc2ccccc12. The Hall–Kier alpha value is -3.56. The third-order valence-corrected chi connectivity index (χ3v) is 6.75. The van der Waals surface area contributed by atoms with Crippen molar-refractivity contribution < 1.29 is 0 Å². The molecular formula is C28H19BrN2. The first-order valence-corrected chi connectivity index (χ1v) is 11.1. The largest absolute Gasteiger partial charge is 0.352 e. The van der Waals surface area contributed by atoms with E-state index in [4.69, 9.17) is 0 Å². The second kappa shape index (κ2) is 7.29. The van der Waals surface area contributed by atoms with Gasteiger partial charge in [0.2, 0.25) is 0 Å². The van der Waals surface area contributed by atoms with Crippen molar-refractivity contribution in [2.45, 2.75) is 0 Å². The molecule has 6 rings (SSSR count). The first kappa shape index (κ1) is 18.2. The standard InChI is InChI=1S/C28H19BrN2/c29-27-19-9-2-1-8-18(19)16-17-22(27)20-10-3-4-11-21(20)23-12-7-15-26-28(23)31-25-14-6-5-13-24(25)30-26/h1-17,30-31H. The van der Waals surface area contributed by atoms with Crippen LogP contribution < -0.4 is 10.6 Å². The maximum Gasteiger partial charge on any atom is 0.0703 e. The third-order valence-electron chi connectivity index (χ3n) is 5.89. The highest BCUT2D eigenvalue weighted by Crippen LogP contribution is 2.47. The molecule has 0 aliphatic carbocycles. The van der Waals surface area contributed by atoms with Crippen molar-refractivity contribution in [1.29, 1.82) is 0 Å². The first-order chi connectivity index (χ1) is 15.3. The molecule has 148 valence electrons. The zero-order valence-electron chi connectivity index (χ0n) is 16.7. The highest BCUT2D eigenvalue weighted by atomic mass is 79.9. The Morgan fingerprint density at radius 3 is 1.90 bits per heavy atom. The average Bonchev–Trinajstić information content (AvgIpc) is 2.83. The van der Waals surface area contributed by atoms with Crippen molar-refractivity contribution in [1.82, 2.24) is 0 Å². The molecule has 0 spiro atoms. The molecule has 1 aliphatic rings. The topological polar surface area (TPSA) is 24.1 Å². The molecular weight excluding hydrogens is 444 g/mol. The minimum atomic E-state index is 1.09. The lowest BCUT2D eigenvalue weighted by molar-refractivity contribution is 1.44. The summed E-state index contributed by atoms with van der Waals surface area (Å²) in [6, 6.07) is 36.2. The molecule has 31 heavy (non-hydrogen) atoms. The van der Waals surface area contributed by atoms with E-state index in [-0.39, 0.29) is 0 Å². The van der Waals surface area contributed by atoms with Crippen LogP contribution in [0.5, 0.6) is 0 Å². The van der Waals surface area contributed by atoms with E-state index in [0.29, 0.717) is 0 Å². The van der Waals surface area contributed by atoms with E-state index >= 15 is 0 Å². The van der Waals surface area contributed by atoms with Gasteiger partial charge in [0, 0.05) is 10.0 Å². The van der Waals surface area contributed by atoms with Crippen LogP contribution in [0.4, 0.5) is 22.7 Å². The van der Waals surface area contributed by atoms with Crippen molar-refractivity contribution in [2.75, 3.05) is 10.6 Å². The van der Waals surface area contributed by atoms with Gasteiger partial charge in [-0.2, -0.15) is 0 Å². The van der Waals surface area contributed by atoms with E-state index in [9.17, 15) is 0 Å². The molecule has 0 saturated heterocycles. The molecule has 1 aliphatic heterocycles. The molecule has 2 nitrogen and oxygen atoms in total. The number of hydrogen-bond acceptors (Lipinski definition) is 2. The first-order valence-electron chi connectivity index (χ1n) is 10.3. The lowest BCUT2D eigenvalue weighted by Crippen LogP contribution is -2.07. The summed E-state index contributed by atoms with van der Waals surface area (Å²) < 4.78 is 1.12. The van der Waals surface area contributed by atoms with Gasteiger partial charge >= 0.3 is 0 Å². The molecule has 0 aromatic heterocycles. The van der Waals surface area contributed by atoms with Crippen LogP contribution in [0.2, 0.25) is 0 Å². The minimum Gasteiger partial charge on any atom is -0.352 e. The summed E-state index contributed by atoms with van der Waals surface area (Å²) in [5, 5.41) is 9.68. The fraction of sp³-hybridized carbons (Fsp3) is 0. The smallest absolute Gasteiger partial charge is 0.0703 e. The molecule has 2 N–H and O–H groups in total. The van der Waals surface area contributed by atoms with Crippen LogP contribution in [0.25, 0.3) is 33.0 Å². The van der Waals surface area contributed by atoms with E-state index < -0.39 is 0 Å². The lowest BCUT2D eigenvalue weighted by Gasteiger charge is -2.26. The van der Waals surface area contributed by atoms with E-state index in [0.717, 1.165) is 27.2 Å². The van der Waals surface area contributed by atoms with E-state index in [1.165, 1.54) is 33.0 Å². The van der Waals surface area contributed by atoms with Gasteiger partial charge in [0.25, 0.3) is 0 Å². The van der Waals surface area contributed by atoms with E-state index in [2.05, 4.69) is 130 Å². The van der Waals surface area contributed by atoms with Crippen LogP contribution in [-0.2, 0) is 0 Å². The summed E-state index contributed by atoms with van der Waals surface area (Å²) in [5.74, 6) is 0. The van der Waals surface area contributed by atoms with Gasteiger partial charge < -0.3 is 10.6 Å². The van der Waals surface area contributed by atoms with Gasteiger partial charge in [-0.1, -0.05) is 84.9 Å². The van der Waals surface area contributed by atoms with Crippen molar-refractivity contribution in [3.8, 4) is 22.3 Å². The maximum atomic E-state index is 3.89. The summed E-state index contributed by atoms with van der Waals surface area (Å²) in [7, 11) is 0. The molecule has 0 fully saturated rings. The number of halogens is 1. The van der Waals surface area contributed by atoms with Crippen LogP contribution in [0, 0.1) is 0 Å². The lowest BCUT2D eigenvalue weighted by atomic mass is 9.91. The van der Waals surface area contributed by atoms with Gasteiger partial charge in [-0.3, -0.25) is 0 Å². The summed E-state index contributed by atoms with van der Waals surface area (Å²) in [6.07, 6.45) is 0. The number of benzene rings is 5. The second-order valence-corrected chi connectivity index (χ2v) is 8.51. The number of para-hydroxylation sites is 3. The van der Waals surface area contributed by atoms with Crippen molar-refractivity contribution in [3.05, 3.63) is 108 Å². The Morgan fingerprint density at radius 1 is 0.452 bits per heavy atom. The van der Waals surface area contributed by atoms with Gasteiger partial charge in [0.05, 0.1) is 22.7 Å². The summed E-state index contributed by atoms with van der Waals surface area (Å²) >= 11 is 3.89. The van der Waals surface area contributed by atoms with Crippen LogP contribution in [0.15, 0.2) is 108 Å². The molecule has 0 amide bonds. The summed E-state index contributed by atoms with van der Waals surface area (Å²) in [4.78, 5) is 0. The van der Waals surface area contributed by atoms with Crippen LogP contribution in [0.1, 0.15) is 0 Å². The van der Waals surface area contributed by atoms with Crippen LogP contribution >= 0.6 is 15.9 Å². The maximum absolute atomic E-state index is 3.89. The molecule has 0 atom stereocenters. The molecule has 0 saturated carbocycles. The molecule has 0 unspecified atom stereocenters. The fourth-order valence-corrected chi connectivity index (χ4v) is 5.10. The predicted octanol–water partition coefficient (Wildman–Crippen LogP) is 8.74. The third kappa shape index (κ3) is 3.01. The number of rotatable bonds is 2. The number of fused-ring (bicyclic) bond motifs is 3. The van der Waals surface area contributed by atoms with Crippen LogP contribution in [0.3, 0.4) is 0 Å². The monoisotopic (exact) mass is 462 g/mol. The zero-order valence-corrected chi connectivity index (χ0v) is 18.3. The van der Waals surface area contributed by atoms with Gasteiger partial charge in [-0.15, -0.1) is 0 Å². The van der Waals surface area contributed by atoms with Crippen molar-refractivity contribution in [3.63, 3.8) is 0 Å². The Balaban J connectivity index is 1.55. The minimum absolute atomic E-state index is 1.09. The molecule has 3 heteroatoms. The highest BCUT2D eigenvalue weighted by molar-refractivity contribution is 9.10. The normalized spacial score (nSPS) is 11.9. The quantitative estimate of drug-likeness (QED) is 0.268. The fourth-order valence-electron chi connectivity index (χ4n) is 4.39. The van der Waals surface area contributed by atoms with Gasteiger partial charge in [-0.05, 0) is 61.6 Å². The summed E-state index contributed by atoms with van der Waals surface area (Å²) in [6.45, 7) is 0. The molecule has 5 aromatic rings.